The molecule has 2 bridgehead atoms. The van der Waals surface area contributed by atoms with Gasteiger partial charge in [-0.25, -0.2) is 4.68 Å². The van der Waals surface area contributed by atoms with Gasteiger partial charge in [0, 0.05) is 23.1 Å². The number of nitrogens with one attached hydrogen (secondary N) is 2. The number of fused-ring (bicyclic) bond motifs is 2. The number of piperidine rings is 1. The topological polar surface area (TPSA) is 59.0 Å². The third-order valence-electron chi connectivity index (χ3n) is 5.46. The molecule has 0 spiro atoms. The summed E-state index contributed by atoms with van der Waals surface area (Å²) in [4.78, 5) is 13.0. The highest BCUT2D eigenvalue weighted by atomic mass is 35.5. The smallest absolute Gasteiger partial charge is 0.255 e. The van der Waals surface area contributed by atoms with Gasteiger partial charge in [-0.1, -0.05) is 31.5 Å². The van der Waals surface area contributed by atoms with Crippen LogP contribution in [0, 0.1) is 0 Å². The van der Waals surface area contributed by atoms with Crippen LogP contribution in [0.2, 0.25) is 5.02 Å². The molecule has 7 heteroatoms. The van der Waals surface area contributed by atoms with Crippen LogP contribution in [0.25, 0.3) is 5.69 Å². The van der Waals surface area contributed by atoms with Crippen molar-refractivity contribution in [2.45, 2.75) is 63.6 Å². The first-order chi connectivity index (χ1) is 12.5. The molecule has 1 aromatic carbocycles. The minimum absolute atomic E-state index is 0. The molecule has 2 atom stereocenters. The summed E-state index contributed by atoms with van der Waals surface area (Å²) in [7, 11) is 0. The van der Waals surface area contributed by atoms with Crippen LogP contribution in [-0.4, -0.2) is 33.8 Å². The Morgan fingerprint density at radius 3 is 2.63 bits per heavy atom. The molecule has 1 amide bonds. The third-order valence-corrected chi connectivity index (χ3v) is 5.69. The zero-order valence-corrected chi connectivity index (χ0v) is 17.2. The lowest BCUT2D eigenvalue weighted by Crippen LogP contribution is -2.48. The summed E-state index contributed by atoms with van der Waals surface area (Å²) in [5.41, 5.74) is 2.45. The van der Waals surface area contributed by atoms with Gasteiger partial charge >= 0.3 is 0 Å². The molecule has 1 aromatic heterocycles. The zero-order valence-electron chi connectivity index (χ0n) is 15.6. The Kier molecular flexibility index (Phi) is 6.14. The summed E-state index contributed by atoms with van der Waals surface area (Å²) < 4.78 is 1.83. The SMILES string of the molecule is CC(C)c1c(C(=O)NC2CC3CCC(C2)N3)cnn1-c1cccc(Cl)c1.Cl. The molecular weight excluding hydrogens is 383 g/mol. The van der Waals surface area contributed by atoms with Crippen LogP contribution in [0.5, 0.6) is 0 Å². The van der Waals surface area contributed by atoms with Crippen LogP contribution in [0.3, 0.4) is 0 Å². The second-order valence-electron chi connectivity index (χ2n) is 7.77. The van der Waals surface area contributed by atoms with Gasteiger partial charge in [0.2, 0.25) is 0 Å². The van der Waals surface area contributed by atoms with Crippen molar-refractivity contribution in [2.75, 3.05) is 0 Å². The number of carbonyl (C=O) groups is 1. The number of hydrogen-bond donors (Lipinski definition) is 2. The number of benzene rings is 1. The minimum atomic E-state index is -0.0201. The van der Waals surface area contributed by atoms with Gasteiger partial charge in [0.1, 0.15) is 0 Å². The first-order valence-electron chi connectivity index (χ1n) is 9.42. The standard InChI is InChI=1S/C20H25ClN4O.ClH/c1-12(2)19-18(11-22-25(19)17-5-3-4-13(21)8-17)20(26)24-16-9-14-6-7-15(10-16)23-14;/h3-5,8,11-12,14-16,23H,6-7,9-10H2,1-2H3,(H,24,26);1H. The van der Waals surface area contributed by atoms with Gasteiger partial charge in [-0.05, 0) is 49.8 Å². The summed E-state index contributed by atoms with van der Waals surface area (Å²) in [5, 5.41) is 12.0. The predicted molar refractivity (Wildman–Crippen MR) is 110 cm³/mol. The highest BCUT2D eigenvalue weighted by Crippen LogP contribution is 2.28. The number of rotatable bonds is 4. The van der Waals surface area contributed by atoms with Gasteiger partial charge in [0.25, 0.3) is 5.91 Å². The van der Waals surface area contributed by atoms with Crippen LogP contribution in [0.1, 0.15) is 61.5 Å². The Labute approximate surface area is 171 Å². The second kappa shape index (κ2) is 8.21. The van der Waals surface area contributed by atoms with E-state index in [0.29, 0.717) is 22.7 Å². The molecule has 2 saturated heterocycles. The maximum Gasteiger partial charge on any atom is 0.255 e. The second-order valence-corrected chi connectivity index (χ2v) is 8.21. The number of aromatic nitrogens is 2. The molecule has 0 saturated carbocycles. The minimum Gasteiger partial charge on any atom is -0.349 e. The molecule has 2 N–H and O–H groups in total. The summed E-state index contributed by atoms with van der Waals surface area (Å²) in [6, 6.07) is 8.91. The first kappa shape index (κ1) is 20.2. The molecule has 0 radical (unpaired) electrons. The number of nitrogens with zero attached hydrogens (tertiary/aromatic N) is 2. The molecule has 2 unspecified atom stereocenters. The molecule has 2 fully saturated rings. The van der Waals surface area contributed by atoms with Crippen LogP contribution in [-0.2, 0) is 0 Å². The molecule has 5 nitrogen and oxygen atoms in total. The van der Waals surface area contributed by atoms with Crippen LogP contribution in [0.4, 0.5) is 0 Å². The van der Waals surface area contributed by atoms with Gasteiger partial charge in [0.05, 0.1) is 23.1 Å². The first-order valence-corrected chi connectivity index (χ1v) is 9.80. The Bertz CT molecular complexity index is 808. The largest absolute Gasteiger partial charge is 0.349 e. The predicted octanol–water partition coefficient (Wildman–Crippen LogP) is 4.08. The van der Waals surface area contributed by atoms with Gasteiger partial charge in [-0.2, -0.15) is 5.10 Å². The summed E-state index contributed by atoms with van der Waals surface area (Å²) >= 11 is 6.13. The van der Waals surface area contributed by atoms with Crippen molar-refractivity contribution in [1.29, 1.82) is 0 Å². The fraction of sp³-hybridized carbons (Fsp3) is 0.500. The highest BCUT2D eigenvalue weighted by molar-refractivity contribution is 6.30. The highest BCUT2D eigenvalue weighted by Gasteiger charge is 2.34. The number of hydrogen-bond acceptors (Lipinski definition) is 3. The fourth-order valence-corrected chi connectivity index (χ4v) is 4.52. The quantitative estimate of drug-likeness (QED) is 0.800. The van der Waals surface area contributed by atoms with Crippen molar-refractivity contribution in [2.24, 2.45) is 0 Å². The zero-order chi connectivity index (χ0) is 18.3. The lowest BCUT2D eigenvalue weighted by atomic mass is 9.99. The molecule has 27 heavy (non-hydrogen) atoms. The maximum atomic E-state index is 13.0. The summed E-state index contributed by atoms with van der Waals surface area (Å²) in [5.74, 6) is 0.148. The molecule has 2 aliphatic heterocycles. The Hall–Kier alpha value is -1.56. The van der Waals surface area contributed by atoms with Crippen molar-refractivity contribution in [3.8, 4) is 5.69 Å². The van der Waals surface area contributed by atoms with Crippen LogP contribution < -0.4 is 10.6 Å². The lowest BCUT2D eigenvalue weighted by Gasteiger charge is -2.29. The van der Waals surface area contributed by atoms with E-state index in [4.69, 9.17) is 11.6 Å². The van der Waals surface area contributed by atoms with Crippen LogP contribution in [0.15, 0.2) is 30.5 Å². The fourth-order valence-electron chi connectivity index (χ4n) is 4.34. The number of halogens is 2. The van der Waals surface area contributed by atoms with E-state index in [-0.39, 0.29) is 30.3 Å². The van der Waals surface area contributed by atoms with E-state index in [0.717, 1.165) is 24.2 Å². The van der Waals surface area contributed by atoms with Gasteiger partial charge in [0.15, 0.2) is 0 Å². The molecule has 4 rings (SSSR count). The average molecular weight is 409 g/mol. The van der Waals surface area contributed by atoms with Crippen molar-refractivity contribution in [3.63, 3.8) is 0 Å². The van der Waals surface area contributed by atoms with E-state index in [1.54, 1.807) is 6.20 Å². The van der Waals surface area contributed by atoms with Gasteiger partial charge in [-0.3, -0.25) is 4.79 Å². The molecule has 2 aliphatic rings. The van der Waals surface area contributed by atoms with Crippen molar-refractivity contribution in [3.05, 3.63) is 46.7 Å². The van der Waals surface area contributed by atoms with E-state index < -0.39 is 0 Å². The number of amides is 1. The van der Waals surface area contributed by atoms with E-state index in [2.05, 4.69) is 29.6 Å². The molecule has 2 aromatic rings. The van der Waals surface area contributed by atoms with E-state index >= 15 is 0 Å². The van der Waals surface area contributed by atoms with Gasteiger partial charge < -0.3 is 10.6 Å². The molecular formula is C20H26Cl2N4O. The molecule has 0 aliphatic carbocycles. The molecule has 146 valence electrons. The Morgan fingerprint density at radius 1 is 1.30 bits per heavy atom. The van der Waals surface area contributed by atoms with Crippen molar-refractivity contribution >= 4 is 29.9 Å². The van der Waals surface area contributed by atoms with Crippen molar-refractivity contribution < 1.29 is 4.79 Å². The monoisotopic (exact) mass is 408 g/mol. The summed E-state index contributed by atoms with van der Waals surface area (Å²) in [6.45, 7) is 4.17. The summed E-state index contributed by atoms with van der Waals surface area (Å²) in [6.07, 6.45) is 6.16. The average Bonchev–Trinajstić information content (AvgIpc) is 3.18. The molecule has 3 heterocycles. The third kappa shape index (κ3) is 4.15. The van der Waals surface area contributed by atoms with E-state index in [1.165, 1.54) is 12.8 Å². The Balaban J connectivity index is 0.00000210. The number of carbonyl (C=O) groups excluding carboxylic acids is 1. The van der Waals surface area contributed by atoms with Gasteiger partial charge in [-0.15, -0.1) is 12.4 Å². The maximum absolute atomic E-state index is 13.0. The van der Waals surface area contributed by atoms with E-state index in [1.807, 2.05) is 28.9 Å². The Morgan fingerprint density at radius 2 is 2.00 bits per heavy atom. The lowest BCUT2D eigenvalue weighted by molar-refractivity contribution is 0.0922. The van der Waals surface area contributed by atoms with E-state index in [9.17, 15) is 4.79 Å². The normalized spacial score (nSPS) is 23.9. The van der Waals surface area contributed by atoms with Crippen molar-refractivity contribution in [1.82, 2.24) is 20.4 Å². The van der Waals surface area contributed by atoms with Crippen LogP contribution >= 0.6 is 24.0 Å².